The smallest absolute Gasteiger partial charge is 0.321 e. The molecule has 0 spiro atoms. The first-order chi connectivity index (χ1) is 10.2. The Morgan fingerprint density at radius 2 is 0.773 bits per heavy atom. The van der Waals surface area contributed by atoms with Crippen LogP contribution in [0.5, 0.6) is 0 Å². The lowest BCUT2D eigenvalue weighted by molar-refractivity contribution is 0.385. The molecule has 0 amide bonds. The van der Waals surface area contributed by atoms with Crippen molar-refractivity contribution >= 4 is 47.3 Å². The van der Waals surface area contributed by atoms with Crippen LogP contribution >= 0.6 is 15.2 Å². The molecule has 6 nitrogen and oxygen atoms in total. The van der Waals surface area contributed by atoms with Crippen LogP contribution in [0.4, 0.5) is 0 Å². The third-order valence-electron chi connectivity index (χ3n) is 3.46. The Hall–Kier alpha value is -1.52. The summed E-state index contributed by atoms with van der Waals surface area (Å²) in [4.78, 5) is 38.8. The Morgan fingerprint density at radius 1 is 0.545 bits per heavy atom. The molecule has 22 heavy (non-hydrogen) atoms. The molecule has 3 aromatic carbocycles. The van der Waals surface area contributed by atoms with E-state index in [1.165, 1.54) is 24.3 Å². The van der Waals surface area contributed by atoms with Crippen LogP contribution in [0, 0.1) is 0 Å². The Bertz CT molecular complexity index is 848. The summed E-state index contributed by atoms with van der Waals surface area (Å²) in [5, 5.41) is 0.160. The van der Waals surface area contributed by atoms with Crippen molar-refractivity contribution in [3.05, 3.63) is 48.5 Å². The molecule has 3 aromatic rings. The maximum absolute atomic E-state index is 11.9. The molecule has 0 aromatic heterocycles. The third-order valence-corrected chi connectivity index (χ3v) is 5.59. The quantitative estimate of drug-likeness (QED) is 0.417. The molecule has 0 aliphatic heterocycles. The van der Waals surface area contributed by atoms with E-state index in [1.807, 2.05) is 0 Å². The van der Waals surface area contributed by atoms with Crippen LogP contribution in [-0.2, 0) is 9.13 Å². The summed E-state index contributed by atoms with van der Waals surface area (Å²) >= 11 is 0. The summed E-state index contributed by atoms with van der Waals surface area (Å²) in [7, 11) is -9.27. The van der Waals surface area contributed by atoms with E-state index in [-0.39, 0.29) is 32.2 Å². The second-order valence-electron chi connectivity index (χ2n) is 4.88. The molecule has 114 valence electrons. The second-order valence-corrected chi connectivity index (χ2v) is 7.95. The molecule has 0 bridgehead atoms. The Labute approximate surface area is 125 Å². The lowest BCUT2D eigenvalue weighted by Gasteiger charge is -2.17. The number of fused-ring (bicyclic) bond motifs is 2. The number of benzene rings is 3. The highest BCUT2D eigenvalue weighted by atomic mass is 31.2. The van der Waals surface area contributed by atoms with Crippen molar-refractivity contribution in [2.24, 2.45) is 0 Å². The minimum atomic E-state index is -4.63. The highest BCUT2D eigenvalue weighted by Crippen LogP contribution is 2.44. The third kappa shape index (κ3) is 2.40. The largest absolute Gasteiger partial charge is 0.357 e. The summed E-state index contributed by atoms with van der Waals surface area (Å²) in [6, 6.07) is 12.1. The van der Waals surface area contributed by atoms with Crippen LogP contribution in [0.2, 0.25) is 0 Å². The number of hydrogen-bond acceptors (Lipinski definition) is 2. The first kappa shape index (κ1) is 15.4. The Kier molecular flexibility index (Phi) is 3.49. The van der Waals surface area contributed by atoms with E-state index in [0.29, 0.717) is 0 Å². The van der Waals surface area contributed by atoms with Crippen molar-refractivity contribution in [1.29, 1.82) is 0 Å². The summed E-state index contributed by atoms with van der Waals surface area (Å²) in [5.41, 5.74) is 0. The molecule has 0 unspecified atom stereocenters. The van der Waals surface area contributed by atoms with Crippen molar-refractivity contribution in [2.45, 2.75) is 0 Å². The normalized spacial score (nSPS) is 12.9. The van der Waals surface area contributed by atoms with Crippen molar-refractivity contribution in [1.82, 2.24) is 0 Å². The van der Waals surface area contributed by atoms with Crippen molar-refractivity contribution in [2.75, 3.05) is 0 Å². The molecule has 0 aliphatic rings. The minimum absolute atomic E-state index is 0.146. The fourth-order valence-corrected chi connectivity index (χ4v) is 4.75. The molecular formula is C14H12O6P2. The average Bonchev–Trinajstić information content (AvgIpc) is 2.41. The first-order valence-electron chi connectivity index (χ1n) is 6.27. The van der Waals surface area contributed by atoms with Gasteiger partial charge in [-0.1, -0.05) is 48.5 Å². The van der Waals surface area contributed by atoms with Gasteiger partial charge in [0.2, 0.25) is 0 Å². The molecule has 0 radical (unpaired) electrons. The van der Waals surface area contributed by atoms with Gasteiger partial charge >= 0.3 is 15.2 Å². The van der Waals surface area contributed by atoms with Gasteiger partial charge in [0.1, 0.15) is 0 Å². The van der Waals surface area contributed by atoms with Crippen LogP contribution in [0.1, 0.15) is 0 Å². The van der Waals surface area contributed by atoms with E-state index in [4.69, 9.17) is 0 Å². The van der Waals surface area contributed by atoms with Crippen LogP contribution < -0.4 is 10.6 Å². The molecule has 4 N–H and O–H groups in total. The molecule has 0 atom stereocenters. The van der Waals surface area contributed by atoms with E-state index in [2.05, 4.69) is 0 Å². The van der Waals surface area contributed by atoms with Gasteiger partial charge in [0.25, 0.3) is 0 Å². The zero-order valence-corrected chi connectivity index (χ0v) is 12.9. The molecule has 0 heterocycles. The molecular weight excluding hydrogens is 326 g/mol. The standard InChI is InChI=1S/C14H12O6P2/c15-21(16,17)13-9-5-1-2-6-10(9)14(22(18,19)20)12-8-4-3-7-11(12)13/h1-8H,(H2,15,16,17)(H2,18,19,20). The summed E-state index contributed by atoms with van der Waals surface area (Å²) < 4.78 is 23.8. The zero-order chi connectivity index (χ0) is 16.1. The summed E-state index contributed by atoms with van der Waals surface area (Å²) in [6.07, 6.45) is 0. The number of hydrogen-bond donors (Lipinski definition) is 4. The van der Waals surface area contributed by atoms with Gasteiger partial charge in [0.15, 0.2) is 0 Å². The van der Waals surface area contributed by atoms with E-state index < -0.39 is 15.2 Å². The molecule has 0 saturated heterocycles. The second kappa shape index (κ2) is 5.00. The molecule has 0 aliphatic carbocycles. The van der Waals surface area contributed by atoms with Gasteiger partial charge in [0, 0.05) is 0 Å². The average molecular weight is 338 g/mol. The monoisotopic (exact) mass is 338 g/mol. The van der Waals surface area contributed by atoms with Crippen LogP contribution in [-0.4, -0.2) is 19.6 Å². The van der Waals surface area contributed by atoms with Crippen LogP contribution in [0.25, 0.3) is 21.5 Å². The summed E-state index contributed by atoms with van der Waals surface area (Å²) in [6.45, 7) is 0. The Morgan fingerprint density at radius 3 is 0.955 bits per heavy atom. The molecule has 3 rings (SSSR count). The lowest BCUT2D eigenvalue weighted by atomic mass is 10.0. The highest BCUT2D eigenvalue weighted by Gasteiger charge is 2.30. The van der Waals surface area contributed by atoms with Gasteiger partial charge in [0.05, 0.1) is 10.6 Å². The van der Waals surface area contributed by atoms with E-state index in [9.17, 15) is 28.7 Å². The van der Waals surface area contributed by atoms with Gasteiger partial charge in [-0.3, -0.25) is 9.13 Å². The van der Waals surface area contributed by atoms with Gasteiger partial charge < -0.3 is 19.6 Å². The molecule has 0 fully saturated rings. The van der Waals surface area contributed by atoms with Gasteiger partial charge in [-0.05, 0) is 21.5 Å². The maximum atomic E-state index is 11.9. The SMILES string of the molecule is O=P(O)(O)c1c2ccccc2c(P(=O)(O)O)c2ccccc12. The Balaban J connectivity index is 2.73. The predicted octanol–water partition coefficient (Wildman–Crippen LogP) is 1.60. The predicted molar refractivity (Wildman–Crippen MR) is 84.8 cm³/mol. The summed E-state index contributed by atoms with van der Waals surface area (Å²) in [5.74, 6) is 0. The van der Waals surface area contributed by atoms with Crippen molar-refractivity contribution in [3.63, 3.8) is 0 Å². The number of rotatable bonds is 2. The first-order valence-corrected chi connectivity index (χ1v) is 9.49. The van der Waals surface area contributed by atoms with Crippen LogP contribution in [0.15, 0.2) is 48.5 Å². The van der Waals surface area contributed by atoms with Crippen molar-refractivity contribution in [3.8, 4) is 0 Å². The fraction of sp³-hybridized carbons (Fsp3) is 0. The lowest BCUT2D eigenvalue weighted by Crippen LogP contribution is -2.16. The van der Waals surface area contributed by atoms with Gasteiger partial charge in [-0.15, -0.1) is 0 Å². The fourth-order valence-electron chi connectivity index (χ4n) is 2.71. The zero-order valence-electron chi connectivity index (χ0n) is 11.1. The van der Waals surface area contributed by atoms with Crippen molar-refractivity contribution < 1.29 is 28.7 Å². The van der Waals surface area contributed by atoms with E-state index in [1.54, 1.807) is 24.3 Å². The van der Waals surface area contributed by atoms with E-state index >= 15 is 0 Å². The maximum Gasteiger partial charge on any atom is 0.357 e. The van der Waals surface area contributed by atoms with E-state index in [0.717, 1.165) is 0 Å². The van der Waals surface area contributed by atoms with Crippen LogP contribution in [0.3, 0.4) is 0 Å². The highest BCUT2D eigenvalue weighted by molar-refractivity contribution is 7.62. The topological polar surface area (TPSA) is 115 Å². The minimum Gasteiger partial charge on any atom is -0.321 e. The van der Waals surface area contributed by atoms with Gasteiger partial charge in [-0.25, -0.2) is 0 Å². The molecule has 0 saturated carbocycles. The van der Waals surface area contributed by atoms with Gasteiger partial charge in [-0.2, -0.15) is 0 Å². The molecule has 8 heteroatoms.